The highest BCUT2D eigenvalue weighted by atomic mass is 19.1. The maximum absolute atomic E-state index is 15.0. The van der Waals surface area contributed by atoms with Crippen LogP contribution in [-0.2, 0) is 4.79 Å². The molecule has 11 heteroatoms. The molecular formula is C24H25FN8O2. The molecule has 1 fully saturated rings. The van der Waals surface area contributed by atoms with Gasteiger partial charge < -0.3 is 20.7 Å². The zero-order valence-electron chi connectivity index (χ0n) is 19.2. The lowest BCUT2D eigenvalue weighted by molar-refractivity contribution is -0.119. The fraction of sp³-hybridized carbons (Fsp3) is 0.250. The quantitative estimate of drug-likeness (QED) is 0.418. The maximum Gasteiger partial charge on any atom is 0.245 e. The standard InChI is InChI=1S/C24H25FN8O2/c1-35-23-7-2-16(13-27-23)20-6-4-18-14-28-24(30-33(18)20)29-17-3-5-21(19(25)12-17)32-10-8-31(9-11-32)15-22(26)34/h2-7,12-14H,8-11,15H2,1H3,(H2,26,34)(H,29,30). The van der Waals surface area contributed by atoms with Gasteiger partial charge >= 0.3 is 0 Å². The summed E-state index contributed by atoms with van der Waals surface area (Å²) in [6, 6.07) is 12.5. The molecule has 0 bridgehead atoms. The van der Waals surface area contributed by atoms with Crippen molar-refractivity contribution in [1.82, 2.24) is 24.5 Å². The van der Waals surface area contributed by atoms with Gasteiger partial charge in [0, 0.05) is 49.7 Å². The zero-order valence-corrected chi connectivity index (χ0v) is 19.2. The first-order chi connectivity index (χ1) is 17.0. The number of pyridine rings is 1. The third kappa shape index (κ3) is 4.85. The van der Waals surface area contributed by atoms with Crippen molar-refractivity contribution in [1.29, 1.82) is 0 Å². The highest BCUT2D eigenvalue weighted by Gasteiger charge is 2.20. The number of piperazine rings is 1. The highest BCUT2D eigenvalue weighted by Crippen LogP contribution is 2.26. The molecule has 3 N–H and O–H groups in total. The van der Waals surface area contributed by atoms with Gasteiger partial charge in [-0.1, -0.05) is 0 Å². The normalized spacial score (nSPS) is 14.3. The van der Waals surface area contributed by atoms with Gasteiger partial charge in [-0.15, -0.1) is 5.10 Å². The monoisotopic (exact) mass is 476 g/mol. The fourth-order valence-corrected chi connectivity index (χ4v) is 4.17. The average molecular weight is 477 g/mol. The number of hydrogen-bond acceptors (Lipinski definition) is 8. The molecule has 0 aliphatic carbocycles. The lowest BCUT2D eigenvalue weighted by Crippen LogP contribution is -2.49. The van der Waals surface area contributed by atoms with E-state index in [-0.39, 0.29) is 18.3 Å². The van der Waals surface area contributed by atoms with Crippen LogP contribution in [0.3, 0.4) is 0 Å². The molecule has 0 radical (unpaired) electrons. The summed E-state index contributed by atoms with van der Waals surface area (Å²) in [7, 11) is 1.57. The first-order valence-corrected chi connectivity index (χ1v) is 11.2. The molecule has 4 aromatic rings. The van der Waals surface area contributed by atoms with Crippen molar-refractivity contribution >= 4 is 28.7 Å². The van der Waals surface area contributed by atoms with Crippen LogP contribution in [0.5, 0.6) is 5.88 Å². The summed E-state index contributed by atoms with van der Waals surface area (Å²) in [6.45, 7) is 2.76. The molecule has 35 heavy (non-hydrogen) atoms. The minimum Gasteiger partial charge on any atom is -0.481 e. The van der Waals surface area contributed by atoms with Gasteiger partial charge in [-0.2, -0.15) is 0 Å². The van der Waals surface area contributed by atoms with Crippen LogP contribution in [-0.4, -0.2) is 70.2 Å². The number of halogens is 1. The van der Waals surface area contributed by atoms with Crippen LogP contribution in [0, 0.1) is 5.82 Å². The van der Waals surface area contributed by atoms with Gasteiger partial charge in [0.1, 0.15) is 5.82 Å². The number of aromatic nitrogens is 4. The Morgan fingerprint density at radius 1 is 1.09 bits per heavy atom. The number of rotatable bonds is 7. The average Bonchev–Trinajstić information content (AvgIpc) is 3.28. The van der Waals surface area contributed by atoms with Gasteiger partial charge in [-0.25, -0.2) is 18.9 Å². The number of benzene rings is 1. The summed E-state index contributed by atoms with van der Waals surface area (Å²) in [5, 5.41) is 7.67. The second-order valence-electron chi connectivity index (χ2n) is 8.25. The van der Waals surface area contributed by atoms with Crippen molar-refractivity contribution in [3.63, 3.8) is 0 Å². The summed E-state index contributed by atoms with van der Waals surface area (Å²) in [5.74, 6) is 0.173. The van der Waals surface area contributed by atoms with Crippen molar-refractivity contribution in [2.45, 2.75) is 0 Å². The Kier molecular flexibility index (Phi) is 6.15. The summed E-state index contributed by atoms with van der Waals surface area (Å²) in [5.41, 5.74) is 8.86. The van der Waals surface area contributed by atoms with Gasteiger partial charge in [0.2, 0.25) is 17.7 Å². The number of ether oxygens (including phenoxy) is 1. The highest BCUT2D eigenvalue weighted by molar-refractivity contribution is 5.76. The Morgan fingerprint density at radius 2 is 1.91 bits per heavy atom. The third-order valence-corrected chi connectivity index (χ3v) is 5.94. The van der Waals surface area contributed by atoms with E-state index in [9.17, 15) is 9.18 Å². The number of anilines is 3. The van der Waals surface area contributed by atoms with Crippen molar-refractivity contribution in [3.8, 4) is 17.1 Å². The van der Waals surface area contributed by atoms with E-state index < -0.39 is 0 Å². The number of primary amides is 1. The molecule has 1 aromatic carbocycles. The first kappa shape index (κ1) is 22.5. The van der Waals surface area contributed by atoms with Crippen LogP contribution >= 0.6 is 0 Å². The van der Waals surface area contributed by atoms with Crippen molar-refractivity contribution in [2.24, 2.45) is 5.73 Å². The Morgan fingerprint density at radius 3 is 2.60 bits per heavy atom. The molecule has 1 amide bonds. The van der Waals surface area contributed by atoms with E-state index in [1.54, 1.807) is 42.2 Å². The zero-order chi connectivity index (χ0) is 24.4. The van der Waals surface area contributed by atoms with Crippen LogP contribution in [0.15, 0.2) is 54.9 Å². The topological polar surface area (TPSA) is 114 Å². The Balaban J connectivity index is 1.32. The summed E-state index contributed by atoms with van der Waals surface area (Å²) >= 11 is 0. The lowest BCUT2D eigenvalue weighted by Gasteiger charge is -2.35. The molecule has 10 nitrogen and oxygen atoms in total. The molecule has 3 aromatic heterocycles. The van der Waals surface area contributed by atoms with Gasteiger partial charge in [-0.3, -0.25) is 9.69 Å². The Labute approximate surface area is 201 Å². The molecule has 5 rings (SSSR count). The molecule has 4 heterocycles. The number of nitrogens with two attached hydrogens (primary N) is 1. The van der Waals surface area contributed by atoms with Crippen molar-refractivity contribution in [2.75, 3.05) is 50.1 Å². The SMILES string of the molecule is COc1ccc(-c2ccc3cnc(Nc4ccc(N5CCN(CC(N)=O)CC5)c(F)c4)nn23)cn1. The Hall–Kier alpha value is -4.25. The van der Waals surface area contributed by atoms with E-state index in [0.717, 1.165) is 16.8 Å². The minimum atomic E-state index is -0.354. The number of carbonyl (C=O) groups is 1. The molecule has 1 aliphatic rings. The molecule has 0 unspecified atom stereocenters. The largest absolute Gasteiger partial charge is 0.481 e. The lowest BCUT2D eigenvalue weighted by atomic mass is 10.2. The van der Waals surface area contributed by atoms with E-state index >= 15 is 0 Å². The molecule has 1 saturated heterocycles. The second-order valence-corrected chi connectivity index (χ2v) is 8.25. The summed E-state index contributed by atoms with van der Waals surface area (Å²) in [4.78, 5) is 23.7. The van der Waals surface area contributed by atoms with Gasteiger partial charge in [-0.05, 0) is 36.4 Å². The van der Waals surface area contributed by atoms with Crippen LogP contribution < -0.4 is 20.7 Å². The number of amides is 1. The van der Waals surface area contributed by atoms with Gasteiger partial charge in [0.15, 0.2) is 0 Å². The summed E-state index contributed by atoms with van der Waals surface area (Å²) < 4.78 is 21.9. The second kappa shape index (κ2) is 9.55. The number of methoxy groups -OCH3 is 1. The molecule has 0 spiro atoms. The van der Waals surface area contributed by atoms with E-state index in [1.165, 1.54) is 6.07 Å². The maximum atomic E-state index is 15.0. The van der Waals surface area contributed by atoms with Crippen LogP contribution in [0.4, 0.5) is 21.7 Å². The van der Waals surface area contributed by atoms with E-state index in [4.69, 9.17) is 10.5 Å². The van der Waals surface area contributed by atoms with Crippen LogP contribution in [0.25, 0.3) is 16.8 Å². The third-order valence-electron chi connectivity index (χ3n) is 5.94. The first-order valence-electron chi connectivity index (χ1n) is 11.2. The molecular weight excluding hydrogens is 451 g/mol. The Bertz CT molecular complexity index is 1350. The predicted octanol–water partition coefficient (Wildman–Crippen LogP) is 2.29. The molecule has 0 saturated carbocycles. The van der Waals surface area contributed by atoms with Crippen LogP contribution in [0.1, 0.15) is 0 Å². The summed E-state index contributed by atoms with van der Waals surface area (Å²) in [6.07, 6.45) is 3.42. The van der Waals surface area contributed by atoms with E-state index in [1.807, 2.05) is 28.0 Å². The molecule has 180 valence electrons. The molecule has 0 atom stereocenters. The van der Waals surface area contributed by atoms with Crippen molar-refractivity contribution < 1.29 is 13.9 Å². The fourth-order valence-electron chi connectivity index (χ4n) is 4.17. The predicted molar refractivity (Wildman–Crippen MR) is 130 cm³/mol. The number of fused-ring (bicyclic) bond motifs is 1. The number of nitrogens with one attached hydrogen (secondary N) is 1. The number of nitrogens with zero attached hydrogens (tertiary/aromatic N) is 6. The minimum absolute atomic E-state index is 0.224. The smallest absolute Gasteiger partial charge is 0.245 e. The van der Waals surface area contributed by atoms with Crippen LogP contribution in [0.2, 0.25) is 0 Å². The van der Waals surface area contributed by atoms with Crippen molar-refractivity contribution in [3.05, 3.63) is 60.7 Å². The van der Waals surface area contributed by atoms with E-state index in [2.05, 4.69) is 20.4 Å². The molecule has 1 aliphatic heterocycles. The number of carbonyl (C=O) groups excluding carboxylic acids is 1. The number of hydrogen-bond donors (Lipinski definition) is 2. The van der Waals surface area contributed by atoms with Gasteiger partial charge in [0.05, 0.1) is 36.7 Å². The van der Waals surface area contributed by atoms with E-state index in [0.29, 0.717) is 49.4 Å². The van der Waals surface area contributed by atoms with Gasteiger partial charge in [0.25, 0.3) is 0 Å².